The number of aromatic hydroxyl groups is 1. The lowest BCUT2D eigenvalue weighted by atomic mass is 9.91. The molecule has 3 nitrogen and oxygen atoms in total. The van der Waals surface area contributed by atoms with E-state index in [0.29, 0.717) is 16.1 Å². The molecule has 2 saturated heterocycles. The molecule has 2 aliphatic heterocycles. The minimum absolute atomic E-state index is 0.166. The van der Waals surface area contributed by atoms with Crippen LogP contribution in [0.1, 0.15) is 18.4 Å². The number of fused-ring (bicyclic) bond motifs is 1. The number of phenols is 1. The molecule has 2 aliphatic rings. The Morgan fingerprint density at radius 3 is 3.00 bits per heavy atom. The summed E-state index contributed by atoms with van der Waals surface area (Å²) in [6.45, 7) is 3.95. The fourth-order valence-electron chi connectivity index (χ4n) is 3.32. The minimum atomic E-state index is 0.166. The van der Waals surface area contributed by atoms with Gasteiger partial charge in [0.15, 0.2) is 0 Å². The van der Waals surface area contributed by atoms with Gasteiger partial charge in [0.05, 0.1) is 5.02 Å². The predicted molar refractivity (Wildman–Crippen MR) is 77.9 cm³/mol. The Labute approximate surface area is 123 Å². The number of likely N-dealkylation sites (tertiary alicyclic amines) is 1. The molecule has 0 amide bonds. The average Bonchev–Trinajstić information content (AvgIpc) is 2.84. The molecule has 0 aromatic heterocycles. The van der Waals surface area contributed by atoms with Gasteiger partial charge < -0.3 is 10.4 Å². The van der Waals surface area contributed by atoms with Gasteiger partial charge in [0.1, 0.15) is 5.75 Å². The fourth-order valence-corrected chi connectivity index (χ4v) is 3.85. The van der Waals surface area contributed by atoms with Crippen LogP contribution in [0.2, 0.25) is 10.0 Å². The summed E-state index contributed by atoms with van der Waals surface area (Å²) in [6.07, 6.45) is 2.52. The summed E-state index contributed by atoms with van der Waals surface area (Å²) in [7, 11) is 0. The number of rotatable bonds is 2. The second kappa shape index (κ2) is 5.49. The topological polar surface area (TPSA) is 35.5 Å². The van der Waals surface area contributed by atoms with Crippen LogP contribution in [0.15, 0.2) is 12.1 Å². The smallest absolute Gasteiger partial charge is 0.138 e. The molecule has 1 aromatic rings. The molecule has 0 radical (unpaired) electrons. The maximum atomic E-state index is 10.1. The SMILES string of the molecule is Oc1c(Cl)cc(Cl)cc1CN1CCCC2CNCC21. The van der Waals surface area contributed by atoms with Crippen molar-refractivity contribution in [3.63, 3.8) is 0 Å². The van der Waals surface area contributed by atoms with E-state index in [0.717, 1.165) is 37.7 Å². The summed E-state index contributed by atoms with van der Waals surface area (Å²) in [6, 6.07) is 3.97. The molecule has 19 heavy (non-hydrogen) atoms. The van der Waals surface area contributed by atoms with Crippen molar-refractivity contribution in [3.05, 3.63) is 27.7 Å². The Morgan fingerprint density at radius 1 is 1.32 bits per heavy atom. The average molecular weight is 301 g/mol. The number of hydrogen-bond acceptors (Lipinski definition) is 3. The quantitative estimate of drug-likeness (QED) is 0.881. The van der Waals surface area contributed by atoms with E-state index in [1.807, 2.05) is 6.07 Å². The van der Waals surface area contributed by atoms with Crippen LogP contribution in [0.3, 0.4) is 0 Å². The van der Waals surface area contributed by atoms with Crippen molar-refractivity contribution < 1.29 is 5.11 Å². The van der Waals surface area contributed by atoms with E-state index >= 15 is 0 Å². The number of hydrogen-bond donors (Lipinski definition) is 2. The van der Waals surface area contributed by atoms with Gasteiger partial charge in [-0.3, -0.25) is 4.90 Å². The Hall–Kier alpha value is -0.480. The van der Waals surface area contributed by atoms with Crippen LogP contribution in [0.5, 0.6) is 5.75 Å². The number of piperidine rings is 1. The van der Waals surface area contributed by atoms with Gasteiger partial charge in [0.25, 0.3) is 0 Å². The second-order valence-electron chi connectivity index (χ2n) is 5.49. The highest BCUT2D eigenvalue weighted by atomic mass is 35.5. The van der Waals surface area contributed by atoms with E-state index in [-0.39, 0.29) is 5.75 Å². The first kappa shape index (κ1) is 13.5. The van der Waals surface area contributed by atoms with E-state index in [1.54, 1.807) is 6.07 Å². The Kier molecular flexibility index (Phi) is 3.90. The highest BCUT2D eigenvalue weighted by molar-refractivity contribution is 6.35. The van der Waals surface area contributed by atoms with Crippen molar-refractivity contribution in [3.8, 4) is 5.75 Å². The fraction of sp³-hybridized carbons (Fsp3) is 0.571. The monoisotopic (exact) mass is 300 g/mol. The van der Waals surface area contributed by atoms with E-state index in [4.69, 9.17) is 23.2 Å². The summed E-state index contributed by atoms with van der Waals surface area (Å²) >= 11 is 12.0. The molecule has 0 bridgehead atoms. The number of nitrogens with one attached hydrogen (secondary N) is 1. The van der Waals surface area contributed by atoms with Crippen LogP contribution in [0.25, 0.3) is 0 Å². The predicted octanol–water partition coefficient (Wildman–Crippen LogP) is 2.88. The van der Waals surface area contributed by atoms with Crippen LogP contribution in [-0.2, 0) is 6.54 Å². The van der Waals surface area contributed by atoms with Gasteiger partial charge in [0.2, 0.25) is 0 Å². The van der Waals surface area contributed by atoms with Crippen molar-refractivity contribution in [2.45, 2.75) is 25.4 Å². The van der Waals surface area contributed by atoms with Gasteiger partial charge >= 0.3 is 0 Å². The first-order valence-corrected chi connectivity index (χ1v) is 7.52. The molecular formula is C14H18Cl2N2O. The Bertz CT molecular complexity index is 481. The maximum Gasteiger partial charge on any atom is 0.138 e. The van der Waals surface area contributed by atoms with Crippen molar-refractivity contribution in [1.82, 2.24) is 10.2 Å². The van der Waals surface area contributed by atoms with Crippen LogP contribution < -0.4 is 5.32 Å². The molecule has 3 rings (SSSR count). The molecule has 0 spiro atoms. The van der Waals surface area contributed by atoms with Crippen molar-refractivity contribution in [2.75, 3.05) is 19.6 Å². The van der Waals surface area contributed by atoms with Crippen LogP contribution in [0, 0.1) is 5.92 Å². The number of phenolic OH excluding ortho intramolecular Hbond substituents is 1. The third-order valence-electron chi connectivity index (χ3n) is 4.27. The molecule has 2 unspecified atom stereocenters. The number of benzene rings is 1. The van der Waals surface area contributed by atoms with Crippen LogP contribution in [0.4, 0.5) is 0 Å². The van der Waals surface area contributed by atoms with E-state index < -0.39 is 0 Å². The van der Waals surface area contributed by atoms with Crippen molar-refractivity contribution in [1.29, 1.82) is 0 Å². The molecule has 2 atom stereocenters. The highest BCUT2D eigenvalue weighted by Crippen LogP contribution is 2.34. The van der Waals surface area contributed by atoms with E-state index in [9.17, 15) is 5.11 Å². The molecule has 1 aromatic carbocycles. The largest absolute Gasteiger partial charge is 0.506 e. The molecule has 104 valence electrons. The third-order valence-corrected chi connectivity index (χ3v) is 4.78. The highest BCUT2D eigenvalue weighted by Gasteiger charge is 2.35. The molecular weight excluding hydrogens is 283 g/mol. The lowest BCUT2D eigenvalue weighted by Gasteiger charge is -2.37. The van der Waals surface area contributed by atoms with Gasteiger partial charge in [-0.05, 0) is 44.0 Å². The van der Waals surface area contributed by atoms with Crippen LogP contribution >= 0.6 is 23.2 Å². The van der Waals surface area contributed by atoms with Crippen molar-refractivity contribution >= 4 is 23.2 Å². The molecule has 2 fully saturated rings. The summed E-state index contributed by atoms with van der Waals surface area (Å²) in [5.74, 6) is 0.907. The standard InChI is InChI=1S/C14H18Cl2N2O/c15-11-4-10(14(19)12(16)5-11)8-18-3-1-2-9-6-17-7-13(9)18/h4-5,9,13,17,19H,1-3,6-8H2. The summed E-state index contributed by atoms with van der Waals surface area (Å²) in [5, 5.41) is 14.4. The zero-order valence-corrected chi connectivity index (χ0v) is 12.2. The first-order chi connectivity index (χ1) is 9.15. The Morgan fingerprint density at radius 2 is 2.16 bits per heavy atom. The molecule has 0 aliphatic carbocycles. The lowest BCUT2D eigenvalue weighted by molar-refractivity contribution is 0.116. The van der Waals surface area contributed by atoms with Crippen LogP contribution in [-0.4, -0.2) is 35.7 Å². The summed E-state index contributed by atoms with van der Waals surface area (Å²) in [4.78, 5) is 2.44. The van der Waals surface area contributed by atoms with Gasteiger partial charge in [-0.15, -0.1) is 0 Å². The normalized spacial score (nSPS) is 27.5. The maximum absolute atomic E-state index is 10.1. The third kappa shape index (κ3) is 2.70. The first-order valence-electron chi connectivity index (χ1n) is 6.77. The molecule has 2 N–H and O–H groups in total. The molecule has 5 heteroatoms. The van der Waals surface area contributed by atoms with Crippen molar-refractivity contribution in [2.24, 2.45) is 5.92 Å². The van der Waals surface area contributed by atoms with Gasteiger partial charge in [-0.25, -0.2) is 0 Å². The minimum Gasteiger partial charge on any atom is -0.506 e. The van der Waals surface area contributed by atoms with Gasteiger partial charge in [-0.2, -0.15) is 0 Å². The second-order valence-corrected chi connectivity index (χ2v) is 6.34. The number of halogens is 2. The zero-order valence-electron chi connectivity index (χ0n) is 10.7. The summed E-state index contributed by atoms with van der Waals surface area (Å²) < 4.78 is 0. The zero-order chi connectivity index (χ0) is 13.4. The molecule has 0 saturated carbocycles. The van der Waals surface area contributed by atoms with E-state index in [2.05, 4.69) is 10.2 Å². The molecule has 2 heterocycles. The summed E-state index contributed by atoms with van der Waals surface area (Å²) in [5.41, 5.74) is 0.824. The van der Waals surface area contributed by atoms with Gasteiger partial charge in [0, 0.05) is 29.7 Å². The van der Waals surface area contributed by atoms with Gasteiger partial charge in [-0.1, -0.05) is 23.2 Å². The Balaban J connectivity index is 1.81. The number of nitrogens with zero attached hydrogens (tertiary/aromatic N) is 1. The van der Waals surface area contributed by atoms with E-state index in [1.165, 1.54) is 12.8 Å². The lowest BCUT2D eigenvalue weighted by Crippen LogP contribution is -2.44.